The first-order valence-electron chi connectivity index (χ1n) is 4.44. The normalized spacial score (nSPS) is 15.1. The van der Waals surface area contributed by atoms with Gasteiger partial charge in [-0.15, -0.1) is 12.4 Å². The Hall–Kier alpha value is -0.360. The SMILES string of the molecule is Brc1cccnc1N1CCNCC1.Cl.O. The summed E-state index contributed by atoms with van der Waals surface area (Å²) in [5.74, 6) is 1.06. The third kappa shape index (κ3) is 3.61. The number of hydrogen-bond donors (Lipinski definition) is 1. The van der Waals surface area contributed by atoms with Gasteiger partial charge in [0.1, 0.15) is 5.82 Å². The summed E-state index contributed by atoms with van der Waals surface area (Å²) >= 11 is 3.51. The molecule has 0 radical (unpaired) electrons. The van der Waals surface area contributed by atoms with Gasteiger partial charge in [0.15, 0.2) is 0 Å². The maximum absolute atomic E-state index is 4.35. The van der Waals surface area contributed by atoms with Gasteiger partial charge in [-0.1, -0.05) is 0 Å². The summed E-state index contributed by atoms with van der Waals surface area (Å²) < 4.78 is 1.08. The van der Waals surface area contributed by atoms with Gasteiger partial charge in [0.2, 0.25) is 0 Å². The van der Waals surface area contributed by atoms with Gasteiger partial charge in [0, 0.05) is 32.4 Å². The van der Waals surface area contributed by atoms with Crippen LogP contribution in [0.25, 0.3) is 0 Å². The second-order valence-electron chi connectivity index (χ2n) is 3.05. The summed E-state index contributed by atoms with van der Waals surface area (Å²) in [6.07, 6.45) is 1.84. The smallest absolute Gasteiger partial charge is 0.142 e. The van der Waals surface area contributed by atoms with Crippen LogP contribution in [0.1, 0.15) is 0 Å². The molecule has 0 bridgehead atoms. The van der Waals surface area contributed by atoms with Crippen molar-refractivity contribution in [2.75, 3.05) is 31.1 Å². The molecule has 0 unspecified atom stereocenters. The Morgan fingerprint density at radius 3 is 2.60 bits per heavy atom. The molecule has 2 rings (SSSR count). The molecule has 0 saturated carbocycles. The Labute approximate surface area is 104 Å². The monoisotopic (exact) mass is 295 g/mol. The standard InChI is InChI=1S/C9H12BrN3.ClH.H2O/c10-8-2-1-3-12-9(8)13-6-4-11-5-7-13;;/h1-3,11H,4-7H2;1H;1H2. The Morgan fingerprint density at radius 1 is 1.33 bits per heavy atom. The van der Waals surface area contributed by atoms with Crippen molar-refractivity contribution < 1.29 is 5.48 Å². The fourth-order valence-corrected chi connectivity index (χ4v) is 1.99. The fraction of sp³-hybridized carbons (Fsp3) is 0.444. The summed E-state index contributed by atoms with van der Waals surface area (Å²) in [7, 11) is 0. The van der Waals surface area contributed by atoms with Gasteiger partial charge < -0.3 is 15.7 Å². The van der Waals surface area contributed by atoms with E-state index >= 15 is 0 Å². The quantitative estimate of drug-likeness (QED) is 0.836. The number of halogens is 2. The first kappa shape index (κ1) is 14.6. The van der Waals surface area contributed by atoms with Crippen LogP contribution < -0.4 is 10.2 Å². The van der Waals surface area contributed by atoms with Crippen LogP contribution in [0, 0.1) is 0 Å². The maximum atomic E-state index is 4.35. The third-order valence-electron chi connectivity index (χ3n) is 2.16. The Balaban J connectivity index is 0.000000980. The van der Waals surface area contributed by atoms with Crippen LogP contribution in [0.15, 0.2) is 22.8 Å². The fourth-order valence-electron chi connectivity index (χ4n) is 1.49. The van der Waals surface area contributed by atoms with Gasteiger partial charge in [0.05, 0.1) is 4.47 Å². The molecule has 4 nitrogen and oxygen atoms in total. The number of hydrogen-bond acceptors (Lipinski definition) is 3. The Kier molecular flexibility index (Phi) is 6.84. The minimum atomic E-state index is 0. The molecule has 15 heavy (non-hydrogen) atoms. The molecule has 1 fully saturated rings. The van der Waals surface area contributed by atoms with Crippen molar-refractivity contribution in [2.24, 2.45) is 0 Å². The van der Waals surface area contributed by atoms with E-state index in [1.165, 1.54) is 0 Å². The van der Waals surface area contributed by atoms with E-state index in [1.807, 2.05) is 18.3 Å². The van der Waals surface area contributed by atoms with Crippen LogP contribution in [0.5, 0.6) is 0 Å². The number of pyridine rings is 1. The van der Waals surface area contributed by atoms with Crippen LogP contribution in [0.2, 0.25) is 0 Å². The third-order valence-corrected chi connectivity index (χ3v) is 2.77. The molecule has 0 spiro atoms. The van der Waals surface area contributed by atoms with Gasteiger partial charge in [-0.3, -0.25) is 0 Å². The van der Waals surface area contributed by atoms with Crippen molar-refractivity contribution in [1.82, 2.24) is 10.3 Å². The van der Waals surface area contributed by atoms with E-state index in [1.54, 1.807) is 0 Å². The summed E-state index contributed by atoms with van der Waals surface area (Å²) in [6, 6.07) is 3.97. The van der Waals surface area contributed by atoms with Gasteiger partial charge >= 0.3 is 0 Å². The summed E-state index contributed by atoms with van der Waals surface area (Å²) in [5.41, 5.74) is 0. The van der Waals surface area contributed by atoms with Crippen LogP contribution in [-0.2, 0) is 0 Å². The lowest BCUT2D eigenvalue weighted by atomic mass is 10.3. The first-order valence-corrected chi connectivity index (χ1v) is 5.23. The predicted octanol–water partition coefficient (Wildman–Crippen LogP) is 0.851. The highest BCUT2D eigenvalue weighted by atomic mass is 79.9. The maximum Gasteiger partial charge on any atom is 0.142 e. The van der Waals surface area contributed by atoms with Crippen LogP contribution in [-0.4, -0.2) is 36.6 Å². The first-order chi connectivity index (χ1) is 6.38. The van der Waals surface area contributed by atoms with Crippen LogP contribution >= 0.6 is 28.3 Å². The van der Waals surface area contributed by atoms with Crippen LogP contribution in [0.3, 0.4) is 0 Å². The molecule has 0 atom stereocenters. The molecular formula is C9H15BrClN3O. The minimum absolute atomic E-state index is 0. The summed E-state index contributed by atoms with van der Waals surface area (Å²) in [4.78, 5) is 6.65. The largest absolute Gasteiger partial charge is 0.412 e. The zero-order chi connectivity index (χ0) is 9.10. The number of piperazine rings is 1. The Bertz CT molecular complexity index is 294. The van der Waals surface area contributed by atoms with Crippen molar-refractivity contribution in [1.29, 1.82) is 0 Å². The van der Waals surface area contributed by atoms with Gasteiger partial charge in [0.25, 0.3) is 0 Å². The zero-order valence-corrected chi connectivity index (χ0v) is 10.6. The number of aromatic nitrogens is 1. The van der Waals surface area contributed by atoms with Crippen molar-refractivity contribution in [3.05, 3.63) is 22.8 Å². The molecule has 0 aromatic carbocycles. The molecule has 0 aliphatic carbocycles. The van der Waals surface area contributed by atoms with E-state index in [2.05, 4.69) is 31.1 Å². The molecule has 6 heteroatoms. The number of rotatable bonds is 1. The topological polar surface area (TPSA) is 59.7 Å². The molecule has 86 valence electrons. The summed E-state index contributed by atoms with van der Waals surface area (Å²) in [5, 5.41) is 3.32. The molecule has 0 amide bonds. The average Bonchev–Trinajstić information content (AvgIpc) is 2.20. The van der Waals surface area contributed by atoms with E-state index in [9.17, 15) is 0 Å². The highest BCUT2D eigenvalue weighted by molar-refractivity contribution is 9.10. The van der Waals surface area contributed by atoms with Crippen LogP contribution in [0.4, 0.5) is 5.82 Å². The lowest BCUT2D eigenvalue weighted by molar-refractivity contribution is 0.584. The predicted molar refractivity (Wildman–Crippen MR) is 67.9 cm³/mol. The molecule has 1 aliphatic heterocycles. The van der Waals surface area contributed by atoms with E-state index in [0.29, 0.717) is 0 Å². The van der Waals surface area contributed by atoms with E-state index in [4.69, 9.17) is 0 Å². The van der Waals surface area contributed by atoms with E-state index in [0.717, 1.165) is 36.5 Å². The van der Waals surface area contributed by atoms with Crippen molar-refractivity contribution in [3.8, 4) is 0 Å². The lowest BCUT2D eigenvalue weighted by Crippen LogP contribution is -2.44. The molecular weight excluding hydrogens is 281 g/mol. The molecule has 1 aliphatic rings. The Morgan fingerprint density at radius 2 is 2.00 bits per heavy atom. The van der Waals surface area contributed by atoms with E-state index < -0.39 is 0 Å². The van der Waals surface area contributed by atoms with E-state index in [-0.39, 0.29) is 17.9 Å². The van der Waals surface area contributed by atoms with Gasteiger partial charge in [-0.25, -0.2) is 4.98 Å². The van der Waals surface area contributed by atoms with Crippen molar-refractivity contribution in [3.63, 3.8) is 0 Å². The van der Waals surface area contributed by atoms with Crippen molar-refractivity contribution in [2.45, 2.75) is 0 Å². The molecule has 1 saturated heterocycles. The minimum Gasteiger partial charge on any atom is -0.412 e. The highest BCUT2D eigenvalue weighted by Gasteiger charge is 2.13. The summed E-state index contributed by atoms with van der Waals surface area (Å²) in [6.45, 7) is 4.16. The number of anilines is 1. The average molecular weight is 297 g/mol. The zero-order valence-electron chi connectivity index (χ0n) is 8.24. The number of nitrogens with one attached hydrogen (secondary N) is 1. The lowest BCUT2D eigenvalue weighted by Gasteiger charge is -2.28. The number of nitrogens with zero attached hydrogens (tertiary/aromatic N) is 2. The molecule has 3 N–H and O–H groups in total. The second-order valence-corrected chi connectivity index (χ2v) is 3.90. The molecule has 2 heterocycles. The highest BCUT2D eigenvalue weighted by Crippen LogP contribution is 2.22. The second kappa shape index (κ2) is 7.00. The van der Waals surface area contributed by atoms with Gasteiger partial charge in [-0.2, -0.15) is 0 Å². The van der Waals surface area contributed by atoms with Gasteiger partial charge in [-0.05, 0) is 28.1 Å². The molecule has 1 aromatic rings. The molecule has 1 aromatic heterocycles. The van der Waals surface area contributed by atoms with Crippen molar-refractivity contribution >= 4 is 34.2 Å².